The third kappa shape index (κ3) is 5.14. The fourth-order valence-electron chi connectivity index (χ4n) is 1.38. The van der Waals surface area contributed by atoms with Crippen LogP contribution in [0, 0.1) is 0 Å². The lowest BCUT2D eigenvalue weighted by molar-refractivity contribution is 0.110. The van der Waals surface area contributed by atoms with Crippen LogP contribution in [0.15, 0.2) is 24.3 Å². The summed E-state index contributed by atoms with van der Waals surface area (Å²) in [5, 5.41) is 3.29. The van der Waals surface area contributed by atoms with E-state index in [0.29, 0.717) is 13.2 Å². The molecule has 3 heteroatoms. The molecule has 0 fully saturated rings. The molecule has 0 atom stereocenters. The van der Waals surface area contributed by atoms with Crippen molar-refractivity contribution in [3.63, 3.8) is 0 Å². The lowest BCUT2D eigenvalue weighted by atomic mass is 10.2. The summed E-state index contributed by atoms with van der Waals surface area (Å²) in [6, 6.07) is 8.15. The van der Waals surface area contributed by atoms with E-state index in [2.05, 4.69) is 24.4 Å². The Morgan fingerprint density at radius 1 is 1.19 bits per heavy atom. The summed E-state index contributed by atoms with van der Waals surface area (Å²) in [7, 11) is 0. The van der Waals surface area contributed by atoms with Crippen molar-refractivity contribution < 1.29 is 9.47 Å². The Bertz CT molecular complexity index is 289. The zero-order valence-electron chi connectivity index (χ0n) is 10.2. The summed E-state index contributed by atoms with van der Waals surface area (Å²) in [4.78, 5) is 0. The van der Waals surface area contributed by atoms with Crippen molar-refractivity contribution in [1.29, 1.82) is 0 Å². The molecule has 0 aliphatic heterocycles. The molecule has 90 valence electrons. The van der Waals surface area contributed by atoms with E-state index in [1.165, 1.54) is 5.56 Å². The van der Waals surface area contributed by atoms with E-state index in [-0.39, 0.29) is 0 Å². The molecule has 0 heterocycles. The van der Waals surface area contributed by atoms with E-state index in [4.69, 9.17) is 9.47 Å². The fourth-order valence-corrected chi connectivity index (χ4v) is 1.38. The summed E-state index contributed by atoms with van der Waals surface area (Å²) in [6.07, 6.45) is 0. The molecule has 1 aromatic carbocycles. The van der Waals surface area contributed by atoms with Gasteiger partial charge in [-0.15, -0.1) is 0 Å². The summed E-state index contributed by atoms with van der Waals surface area (Å²) >= 11 is 0. The average molecular weight is 223 g/mol. The van der Waals surface area contributed by atoms with E-state index >= 15 is 0 Å². The number of benzene rings is 1. The van der Waals surface area contributed by atoms with Crippen LogP contribution in [-0.2, 0) is 11.3 Å². The molecule has 0 bridgehead atoms. The van der Waals surface area contributed by atoms with Gasteiger partial charge in [0.1, 0.15) is 12.4 Å². The molecule has 0 saturated carbocycles. The van der Waals surface area contributed by atoms with Gasteiger partial charge in [-0.2, -0.15) is 0 Å². The normalized spacial score (nSPS) is 10.4. The molecule has 0 unspecified atom stereocenters. The highest BCUT2D eigenvalue weighted by Crippen LogP contribution is 2.12. The summed E-state index contributed by atoms with van der Waals surface area (Å²) in [6.45, 7) is 7.95. The minimum Gasteiger partial charge on any atom is -0.491 e. The molecule has 0 aliphatic rings. The average Bonchev–Trinajstić information content (AvgIpc) is 2.33. The van der Waals surface area contributed by atoms with Crippen molar-refractivity contribution in [2.75, 3.05) is 26.4 Å². The number of hydrogen-bond donors (Lipinski definition) is 1. The van der Waals surface area contributed by atoms with Gasteiger partial charge in [-0.05, 0) is 31.2 Å². The first-order valence-electron chi connectivity index (χ1n) is 5.87. The third-order valence-electron chi connectivity index (χ3n) is 2.18. The van der Waals surface area contributed by atoms with Gasteiger partial charge in [0.25, 0.3) is 0 Å². The van der Waals surface area contributed by atoms with Crippen LogP contribution in [0.2, 0.25) is 0 Å². The second-order valence-electron chi connectivity index (χ2n) is 3.47. The van der Waals surface area contributed by atoms with Crippen LogP contribution in [-0.4, -0.2) is 26.4 Å². The number of rotatable bonds is 8. The first-order chi connectivity index (χ1) is 7.86. The van der Waals surface area contributed by atoms with Crippen molar-refractivity contribution in [3.8, 4) is 5.75 Å². The summed E-state index contributed by atoms with van der Waals surface area (Å²) in [5.74, 6) is 0.912. The van der Waals surface area contributed by atoms with Crippen LogP contribution >= 0.6 is 0 Å². The van der Waals surface area contributed by atoms with E-state index in [0.717, 1.165) is 25.4 Å². The molecule has 16 heavy (non-hydrogen) atoms. The van der Waals surface area contributed by atoms with Crippen LogP contribution in [0.25, 0.3) is 0 Å². The van der Waals surface area contributed by atoms with Gasteiger partial charge in [0.2, 0.25) is 0 Å². The van der Waals surface area contributed by atoms with Crippen molar-refractivity contribution in [3.05, 3.63) is 29.8 Å². The Morgan fingerprint density at radius 2 is 2.06 bits per heavy atom. The maximum atomic E-state index is 5.58. The highest BCUT2D eigenvalue weighted by Gasteiger charge is 1.96. The highest BCUT2D eigenvalue weighted by molar-refractivity contribution is 5.28. The number of hydrogen-bond acceptors (Lipinski definition) is 3. The van der Waals surface area contributed by atoms with Crippen LogP contribution in [0.3, 0.4) is 0 Å². The standard InChI is InChI=1S/C13H21NO2/c1-3-14-11-12-6-5-7-13(10-12)16-9-8-15-4-2/h5-7,10,14H,3-4,8-9,11H2,1-2H3. The number of ether oxygens (including phenoxy) is 2. The smallest absolute Gasteiger partial charge is 0.119 e. The molecule has 1 N–H and O–H groups in total. The van der Waals surface area contributed by atoms with E-state index < -0.39 is 0 Å². The third-order valence-corrected chi connectivity index (χ3v) is 2.18. The van der Waals surface area contributed by atoms with Gasteiger partial charge >= 0.3 is 0 Å². The zero-order chi connectivity index (χ0) is 11.6. The molecule has 0 saturated heterocycles. The Hall–Kier alpha value is -1.06. The molecule has 0 radical (unpaired) electrons. The topological polar surface area (TPSA) is 30.5 Å². The zero-order valence-corrected chi connectivity index (χ0v) is 10.2. The minimum absolute atomic E-state index is 0.610. The van der Waals surface area contributed by atoms with Crippen LogP contribution in [0.5, 0.6) is 5.75 Å². The predicted molar refractivity (Wildman–Crippen MR) is 65.8 cm³/mol. The van der Waals surface area contributed by atoms with Gasteiger partial charge in [-0.3, -0.25) is 0 Å². The molecule has 1 aromatic rings. The first kappa shape index (κ1) is 13.0. The van der Waals surface area contributed by atoms with E-state index in [1.807, 2.05) is 19.1 Å². The SMILES string of the molecule is CCNCc1cccc(OCCOCC)c1. The maximum absolute atomic E-state index is 5.58. The molecule has 3 nitrogen and oxygen atoms in total. The predicted octanol–water partition coefficient (Wildman–Crippen LogP) is 2.21. The second kappa shape index (κ2) is 8.13. The Morgan fingerprint density at radius 3 is 2.81 bits per heavy atom. The monoisotopic (exact) mass is 223 g/mol. The molecular formula is C13H21NO2. The van der Waals surface area contributed by atoms with Crippen LogP contribution < -0.4 is 10.1 Å². The Kier molecular flexibility index (Phi) is 6.61. The lowest BCUT2D eigenvalue weighted by Gasteiger charge is -2.08. The van der Waals surface area contributed by atoms with E-state index in [9.17, 15) is 0 Å². The summed E-state index contributed by atoms with van der Waals surface area (Å²) in [5.41, 5.74) is 1.25. The molecular weight excluding hydrogens is 202 g/mol. The maximum Gasteiger partial charge on any atom is 0.119 e. The molecule has 1 rings (SSSR count). The van der Waals surface area contributed by atoms with Crippen molar-refractivity contribution in [1.82, 2.24) is 5.32 Å². The highest BCUT2D eigenvalue weighted by atomic mass is 16.5. The van der Waals surface area contributed by atoms with Crippen LogP contribution in [0.4, 0.5) is 0 Å². The van der Waals surface area contributed by atoms with Crippen molar-refractivity contribution in [2.45, 2.75) is 20.4 Å². The van der Waals surface area contributed by atoms with Crippen molar-refractivity contribution >= 4 is 0 Å². The van der Waals surface area contributed by atoms with Crippen LogP contribution in [0.1, 0.15) is 19.4 Å². The largest absolute Gasteiger partial charge is 0.491 e. The molecule has 0 aromatic heterocycles. The molecule has 0 aliphatic carbocycles. The van der Waals surface area contributed by atoms with Crippen molar-refractivity contribution in [2.24, 2.45) is 0 Å². The van der Waals surface area contributed by atoms with Gasteiger partial charge in [0, 0.05) is 13.2 Å². The molecule has 0 spiro atoms. The first-order valence-corrected chi connectivity index (χ1v) is 5.87. The minimum atomic E-state index is 0.610. The fraction of sp³-hybridized carbons (Fsp3) is 0.538. The quantitative estimate of drug-likeness (QED) is 0.685. The summed E-state index contributed by atoms with van der Waals surface area (Å²) < 4.78 is 10.8. The van der Waals surface area contributed by atoms with Gasteiger partial charge in [-0.1, -0.05) is 19.1 Å². The Labute approximate surface area is 97.8 Å². The Balaban J connectivity index is 2.35. The van der Waals surface area contributed by atoms with Gasteiger partial charge in [0.05, 0.1) is 6.61 Å². The van der Waals surface area contributed by atoms with Gasteiger partial charge in [-0.25, -0.2) is 0 Å². The van der Waals surface area contributed by atoms with Gasteiger partial charge < -0.3 is 14.8 Å². The van der Waals surface area contributed by atoms with E-state index in [1.54, 1.807) is 0 Å². The molecule has 0 amide bonds. The number of nitrogens with one attached hydrogen (secondary N) is 1. The second-order valence-corrected chi connectivity index (χ2v) is 3.47. The van der Waals surface area contributed by atoms with Gasteiger partial charge in [0.15, 0.2) is 0 Å². The lowest BCUT2D eigenvalue weighted by Crippen LogP contribution is -2.12.